The maximum atomic E-state index is 11.7. The molecule has 1 aromatic rings. The standard InChI is InChI=1S/C18H28N2O2S/c1-13-11-16(12-23-13)19-10-9-14-5-7-15(8-6-14)20-17(21)22-18(2,3)4/h5-8,13,16,19H,9-12H2,1-4H3,(H,20,21). The Balaban J connectivity index is 1.72. The van der Waals surface area contributed by atoms with Crippen LogP contribution in [-0.4, -0.2) is 35.3 Å². The van der Waals surface area contributed by atoms with Gasteiger partial charge in [-0.2, -0.15) is 11.8 Å². The van der Waals surface area contributed by atoms with E-state index in [4.69, 9.17) is 4.74 Å². The number of carbonyl (C=O) groups is 1. The first kappa shape index (κ1) is 18.1. The molecule has 5 heteroatoms. The van der Waals surface area contributed by atoms with Crippen molar-refractivity contribution in [3.8, 4) is 0 Å². The Morgan fingerprint density at radius 1 is 1.30 bits per heavy atom. The van der Waals surface area contributed by atoms with Gasteiger partial charge in [0.15, 0.2) is 0 Å². The molecule has 0 spiro atoms. The third kappa shape index (κ3) is 6.83. The van der Waals surface area contributed by atoms with Crippen LogP contribution in [0.1, 0.15) is 39.7 Å². The Morgan fingerprint density at radius 2 is 2.00 bits per heavy atom. The molecule has 1 fully saturated rings. The van der Waals surface area contributed by atoms with Gasteiger partial charge in [-0.15, -0.1) is 0 Å². The predicted molar refractivity (Wildman–Crippen MR) is 98.3 cm³/mol. The molecule has 1 aromatic carbocycles. The molecule has 2 N–H and O–H groups in total. The van der Waals surface area contributed by atoms with Crippen molar-refractivity contribution in [3.63, 3.8) is 0 Å². The summed E-state index contributed by atoms with van der Waals surface area (Å²) in [4.78, 5) is 11.7. The van der Waals surface area contributed by atoms with Gasteiger partial charge < -0.3 is 10.1 Å². The van der Waals surface area contributed by atoms with Crippen molar-refractivity contribution in [2.24, 2.45) is 0 Å². The van der Waals surface area contributed by atoms with Crippen LogP contribution in [0.25, 0.3) is 0 Å². The highest BCUT2D eigenvalue weighted by atomic mass is 32.2. The highest BCUT2D eigenvalue weighted by Gasteiger charge is 2.20. The minimum atomic E-state index is -0.480. The Bertz CT molecular complexity index is 511. The van der Waals surface area contributed by atoms with Crippen LogP contribution in [0, 0.1) is 0 Å². The summed E-state index contributed by atoms with van der Waals surface area (Å²) in [6.45, 7) is 8.85. The molecule has 1 saturated heterocycles. The summed E-state index contributed by atoms with van der Waals surface area (Å²) >= 11 is 2.05. The molecule has 1 heterocycles. The van der Waals surface area contributed by atoms with Gasteiger partial charge in [0.25, 0.3) is 0 Å². The molecule has 0 radical (unpaired) electrons. The summed E-state index contributed by atoms with van der Waals surface area (Å²) in [5, 5.41) is 7.16. The van der Waals surface area contributed by atoms with Crippen LogP contribution in [0.2, 0.25) is 0 Å². The van der Waals surface area contributed by atoms with Crippen molar-refractivity contribution in [2.75, 3.05) is 17.6 Å². The van der Waals surface area contributed by atoms with E-state index in [-0.39, 0.29) is 0 Å². The second-order valence-corrected chi connectivity index (χ2v) is 8.58. The van der Waals surface area contributed by atoms with Gasteiger partial charge in [-0.25, -0.2) is 4.79 Å². The first-order chi connectivity index (χ1) is 10.8. The highest BCUT2D eigenvalue weighted by Crippen LogP contribution is 2.25. The SMILES string of the molecule is CC1CC(NCCc2ccc(NC(=O)OC(C)(C)C)cc2)CS1. The summed E-state index contributed by atoms with van der Waals surface area (Å²) in [6, 6.07) is 8.61. The molecule has 1 aliphatic rings. The van der Waals surface area contributed by atoms with E-state index in [9.17, 15) is 4.79 Å². The predicted octanol–water partition coefficient (Wildman–Crippen LogP) is 4.06. The lowest BCUT2D eigenvalue weighted by molar-refractivity contribution is 0.0636. The number of benzene rings is 1. The van der Waals surface area contributed by atoms with Gasteiger partial charge in [0.2, 0.25) is 0 Å². The Hall–Kier alpha value is -1.20. The van der Waals surface area contributed by atoms with E-state index in [1.165, 1.54) is 17.7 Å². The van der Waals surface area contributed by atoms with E-state index in [2.05, 4.69) is 29.7 Å². The average molecular weight is 337 g/mol. The first-order valence-corrected chi connectivity index (χ1v) is 9.30. The number of ether oxygens (including phenoxy) is 1. The monoisotopic (exact) mass is 336 g/mol. The largest absolute Gasteiger partial charge is 0.444 e. The fourth-order valence-corrected chi connectivity index (χ4v) is 3.74. The normalized spacial score (nSPS) is 21.2. The lowest BCUT2D eigenvalue weighted by Crippen LogP contribution is -2.30. The van der Waals surface area contributed by atoms with Crippen molar-refractivity contribution in [2.45, 2.75) is 57.4 Å². The zero-order valence-corrected chi connectivity index (χ0v) is 15.3. The summed E-state index contributed by atoms with van der Waals surface area (Å²) in [5.74, 6) is 1.22. The van der Waals surface area contributed by atoms with E-state index < -0.39 is 11.7 Å². The molecule has 128 valence electrons. The lowest BCUT2D eigenvalue weighted by atomic mass is 10.1. The van der Waals surface area contributed by atoms with Gasteiger partial charge in [-0.1, -0.05) is 19.1 Å². The molecule has 1 aliphatic heterocycles. The maximum absolute atomic E-state index is 11.7. The van der Waals surface area contributed by atoms with Gasteiger partial charge in [-0.05, 0) is 57.9 Å². The Labute approximate surface area is 143 Å². The molecule has 0 aliphatic carbocycles. The fraction of sp³-hybridized carbons (Fsp3) is 0.611. The maximum Gasteiger partial charge on any atom is 0.412 e. The van der Waals surface area contributed by atoms with Crippen molar-refractivity contribution >= 4 is 23.5 Å². The van der Waals surface area contributed by atoms with Crippen LogP contribution in [0.5, 0.6) is 0 Å². The lowest BCUT2D eigenvalue weighted by Gasteiger charge is -2.19. The fourth-order valence-electron chi connectivity index (χ4n) is 2.56. The highest BCUT2D eigenvalue weighted by molar-refractivity contribution is 8.00. The summed E-state index contributed by atoms with van der Waals surface area (Å²) in [5.41, 5.74) is 1.55. The van der Waals surface area contributed by atoms with E-state index in [0.717, 1.165) is 23.9 Å². The summed E-state index contributed by atoms with van der Waals surface area (Å²) in [6.07, 6.45) is 1.85. The van der Waals surface area contributed by atoms with Gasteiger partial charge in [0.05, 0.1) is 0 Å². The second kappa shape index (κ2) is 8.06. The molecule has 2 unspecified atom stereocenters. The van der Waals surface area contributed by atoms with Crippen molar-refractivity contribution in [3.05, 3.63) is 29.8 Å². The van der Waals surface area contributed by atoms with Gasteiger partial charge in [0.1, 0.15) is 5.60 Å². The van der Waals surface area contributed by atoms with Crippen molar-refractivity contribution in [1.82, 2.24) is 5.32 Å². The van der Waals surface area contributed by atoms with Crippen LogP contribution >= 0.6 is 11.8 Å². The topological polar surface area (TPSA) is 50.4 Å². The minimum Gasteiger partial charge on any atom is -0.444 e. The van der Waals surface area contributed by atoms with E-state index in [1.807, 2.05) is 44.7 Å². The molecular weight excluding hydrogens is 308 g/mol. The molecule has 4 nitrogen and oxygen atoms in total. The summed E-state index contributed by atoms with van der Waals surface area (Å²) in [7, 11) is 0. The molecule has 1 amide bonds. The third-order valence-corrected chi connectivity index (χ3v) is 5.00. The number of nitrogens with one attached hydrogen (secondary N) is 2. The molecule has 0 aromatic heterocycles. The van der Waals surface area contributed by atoms with Gasteiger partial charge >= 0.3 is 6.09 Å². The number of thioether (sulfide) groups is 1. The van der Waals surface area contributed by atoms with Crippen LogP contribution in [0.15, 0.2) is 24.3 Å². The second-order valence-electron chi connectivity index (χ2n) is 7.10. The van der Waals surface area contributed by atoms with Crippen LogP contribution in [0.4, 0.5) is 10.5 Å². The quantitative estimate of drug-likeness (QED) is 0.851. The van der Waals surface area contributed by atoms with Gasteiger partial charge in [-0.3, -0.25) is 5.32 Å². The number of anilines is 1. The number of hydrogen-bond acceptors (Lipinski definition) is 4. The molecule has 0 bridgehead atoms. The molecule has 2 atom stereocenters. The first-order valence-electron chi connectivity index (χ1n) is 8.26. The van der Waals surface area contributed by atoms with E-state index >= 15 is 0 Å². The Kier molecular flexibility index (Phi) is 6.36. The van der Waals surface area contributed by atoms with Crippen molar-refractivity contribution in [1.29, 1.82) is 0 Å². The van der Waals surface area contributed by atoms with Crippen LogP contribution < -0.4 is 10.6 Å². The van der Waals surface area contributed by atoms with Crippen molar-refractivity contribution < 1.29 is 9.53 Å². The van der Waals surface area contributed by atoms with Crippen LogP contribution in [0.3, 0.4) is 0 Å². The number of hydrogen-bond donors (Lipinski definition) is 2. The number of carbonyl (C=O) groups excluding carboxylic acids is 1. The van der Waals surface area contributed by atoms with E-state index in [0.29, 0.717) is 6.04 Å². The Morgan fingerprint density at radius 3 is 2.57 bits per heavy atom. The van der Waals surface area contributed by atoms with Gasteiger partial charge in [0, 0.05) is 22.7 Å². The smallest absolute Gasteiger partial charge is 0.412 e. The number of rotatable bonds is 5. The molecule has 23 heavy (non-hydrogen) atoms. The van der Waals surface area contributed by atoms with Crippen LogP contribution in [-0.2, 0) is 11.2 Å². The van der Waals surface area contributed by atoms with E-state index in [1.54, 1.807) is 0 Å². The molecule has 2 rings (SSSR count). The average Bonchev–Trinajstić information content (AvgIpc) is 2.84. The molecule has 0 saturated carbocycles. The zero-order chi connectivity index (χ0) is 16.9. The third-order valence-electron chi connectivity index (χ3n) is 3.64. The molecular formula is C18H28N2O2S. The zero-order valence-electron chi connectivity index (χ0n) is 14.5. The minimum absolute atomic E-state index is 0.417. The summed E-state index contributed by atoms with van der Waals surface area (Å²) < 4.78 is 5.24. The number of amides is 1.